The monoisotopic (exact) mass is 166 g/mol. The number of rotatable bonds is 0. The first kappa shape index (κ1) is 7.65. The molecule has 0 fully saturated rings. The first-order valence-corrected chi connectivity index (χ1v) is 4.14. The molecule has 1 aliphatic carbocycles. The van der Waals surface area contributed by atoms with Gasteiger partial charge in [0.2, 0.25) is 0 Å². The minimum Gasteiger partial charge on any atom is -0.452 e. The lowest BCUT2D eigenvalue weighted by Gasteiger charge is -2.49. The Balaban J connectivity index is 2.53. The van der Waals surface area contributed by atoms with Gasteiger partial charge in [-0.25, -0.2) is 4.99 Å². The second kappa shape index (κ2) is 1.68. The van der Waals surface area contributed by atoms with E-state index >= 15 is 0 Å². The lowest BCUT2D eigenvalue weighted by atomic mass is 9.62. The lowest BCUT2D eigenvalue weighted by molar-refractivity contribution is 0.0552. The Kier molecular flexibility index (Phi) is 1.07. The zero-order chi connectivity index (χ0) is 9.15. The summed E-state index contributed by atoms with van der Waals surface area (Å²) in [7, 11) is 0. The number of nitrogens with zero attached hydrogens (tertiary/aromatic N) is 1. The number of hydrogen-bond donors (Lipinski definition) is 1. The van der Waals surface area contributed by atoms with E-state index in [0.717, 1.165) is 0 Å². The van der Waals surface area contributed by atoms with Gasteiger partial charge in [0, 0.05) is 0 Å². The lowest BCUT2D eigenvalue weighted by Crippen LogP contribution is -2.57. The summed E-state index contributed by atoms with van der Waals surface area (Å²) in [5.74, 6) is 0. The molecule has 0 saturated carbocycles. The van der Waals surface area contributed by atoms with Crippen molar-refractivity contribution in [3.8, 4) is 0 Å². The van der Waals surface area contributed by atoms with Crippen molar-refractivity contribution >= 4 is 6.02 Å². The third-order valence-corrected chi connectivity index (χ3v) is 3.58. The highest BCUT2D eigenvalue weighted by Crippen LogP contribution is 2.54. The van der Waals surface area contributed by atoms with Crippen LogP contribution in [0.5, 0.6) is 0 Å². The number of aliphatic imine (C=N–C) groups is 1. The maximum Gasteiger partial charge on any atom is 0.283 e. The summed E-state index contributed by atoms with van der Waals surface area (Å²) in [6, 6.07) is 0.316. The van der Waals surface area contributed by atoms with Gasteiger partial charge in [0.05, 0.1) is 0 Å². The van der Waals surface area contributed by atoms with Crippen molar-refractivity contribution in [2.75, 3.05) is 0 Å². The summed E-state index contributed by atoms with van der Waals surface area (Å²) >= 11 is 0. The molecule has 0 aromatic rings. The molecule has 1 aliphatic heterocycles. The van der Waals surface area contributed by atoms with E-state index in [1.165, 1.54) is 11.1 Å². The van der Waals surface area contributed by atoms with Crippen LogP contribution in [0, 0.1) is 0 Å². The zero-order valence-electron chi connectivity index (χ0n) is 7.93. The van der Waals surface area contributed by atoms with Crippen molar-refractivity contribution in [1.82, 2.24) is 0 Å². The molecule has 2 aliphatic rings. The highest BCUT2D eigenvalue weighted by Gasteiger charge is 2.62. The molecular formula is C9H14N2O. The van der Waals surface area contributed by atoms with E-state index in [1.807, 2.05) is 6.92 Å². The van der Waals surface area contributed by atoms with Gasteiger partial charge in [-0.05, 0) is 38.8 Å². The van der Waals surface area contributed by atoms with Crippen LogP contribution in [-0.2, 0) is 4.74 Å². The Hall–Kier alpha value is -0.990. The Labute approximate surface area is 72.3 Å². The smallest absolute Gasteiger partial charge is 0.283 e. The van der Waals surface area contributed by atoms with Gasteiger partial charge in [-0.1, -0.05) is 0 Å². The number of ether oxygens (including phenoxy) is 1. The van der Waals surface area contributed by atoms with Gasteiger partial charge >= 0.3 is 0 Å². The van der Waals surface area contributed by atoms with E-state index in [9.17, 15) is 0 Å². The molecule has 2 N–H and O–H groups in total. The summed E-state index contributed by atoms with van der Waals surface area (Å²) in [6.45, 7) is 8.27. The number of amidine groups is 1. The van der Waals surface area contributed by atoms with Crippen LogP contribution < -0.4 is 5.73 Å². The molecule has 0 aromatic carbocycles. The van der Waals surface area contributed by atoms with Crippen LogP contribution in [0.2, 0.25) is 0 Å². The molecule has 0 unspecified atom stereocenters. The minimum absolute atomic E-state index is 0.207. The van der Waals surface area contributed by atoms with E-state index in [0.29, 0.717) is 6.02 Å². The van der Waals surface area contributed by atoms with Crippen molar-refractivity contribution in [2.45, 2.75) is 38.8 Å². The summed E-state index contributed by atoms with van der Waals surface area (Å²) in [4.78, 5) is 4.31. The van der Waals surface area contributed by atoms with E-state index in [2.05, 4.69) is 25.8 Å². The quantitative estimate of drug-likeness (QED) is 0.550. The Morgan fingerprint density at radius 2 is 1.83 bits per heavy atom. The fourth-order valence-corrected chi connectivity index (χ4v) is 2.20. The number of hydrogen-bond acceptors (Lipinski definition) is 3. The summed E-state index contributed by atoms with van der Waals surface area (Å²) in [5.41, 5.74) is 7.61. The van der Waals surface area contributed by atoms with Gasteiger partial charge in [0.1, 0.15) is 5.54 Å². The Morgan fingerprint density at radius 3 is 2.33 bits per heavy atom. The molecule has 0 bridgehead atoms. The molecule has 1 heterocycles. The molecule has 3 heteroatoms. The first-order valence-electron chi connectivity index (χ1n) is 4.14. The molecule has 0 aromatic heterocycles. The fraction of sp³-hybridized carbons (Fsp3) is 0.667. The first-order chi connectivity index (χ1) is 5.42. The van der Waals surface area contributed by atoms with Crippen LogP contribution in [0.4, 0.5) is 0 Å². The molecule has 2 atom stereocenters. The Bertz CT molecular complexity index is 318. The molecular weight excluding hydrogens is 152 g/mol. The van der Waals surface area contributed by atoms with E-state index < -0.39 is 0 Å². The maximum atomic E-state index is 5.55. The van der Waals surface area contributed by atoms with Crippen LogP contribution in [0.3, 0.4) is 0 Å². The average molecular weight is 166 g/mol. The summed E-state index contributed by atoms with van der Waals surface area (Å²) in [5, 5.41) is 0. The zero-order valence-corrected chi connectivity index (χ0v) is 7.93. The number of nitrogens with two attached hydrogens (primary N) is 1. The molecule has 0 radical (unpaired) electrons. The largest absolute Gasteiger partial charge is 0.452 e. The van der Waals surface area contributed by atoms with Crippen molar-refractivity contribution in [3.05, 3.63) is 11.1 Å². The van der Waals surface area contributed by atoms with E-state index in [-0.39, 0.29) is 11.1 Å². The van der Waals surface area contributed by atoms with Gasteiger partial charge in [-0.15, -0.1) is 0 Å². The molecule has 0 spiro atoms. The normalized spacial score (nSPS) is 44.8. The summed E-state index contributed by atoms with van der Waals surface area (Å²) in [6.07, 6.45) is 0. The standard InChI is InChI=1S/C9H14N2O/c1-5-6(2)9(4)8(5,3)11-7(10)12-9/h1-4H3,(H2,10,11)/t8-,9-/m1/s1. The van der Waals surface area contributed by atoms with Crippen LogP contribution >= 0.6 is 0 Å². The van der Waals surface area contributed by atoms with Gasteiger partial charge in [-0.3, -0.25) is 0 Å². The Morgan fingerprint density at radius 1 is 1.25 bits per heavy atom. The second-order valence-electron chi connectivity index (χ2n) is 3.91. The molecule has 2 rings (SSSR count). The SMILES string of the molecule is CC1=C(C)[C@@]2(C)OC(N)=N[C@]12C. The van der Waals surface area contributed by atoms with Crippen LogP contribution in [0.15, 0.2) is 16.1 Å². The van der Waals surface area contributed by atoms with Crippen LogP contribution in [0.25, 0.3) is 0 Å². The van der Waals surface area contributed by atoms with Crippen molar-refractivity contribution in [3.63, 3.8) is 0 Å². The van der Waals surface area contributed by atoms with Gasteiger partial charge in [0.15, 0.2) is 5.60 Å². The van der Waals surface area contributed by atoms with Crippen molar-refractivity contribution < 1.29 is 4.74 Å². The average Bonchev–Trinajstić information content (AvgIpc) is 2.20. The van der Waals surface area contributed by atoms with E-state index in [1.54, 1.807) is 0 Å². The molecule has 3 nitrogen and oxygen atoms in total. The van der Waals surface area contributed by atoms with Crippen molar-refractivity contribution in [2.24, 2.45) is 10.7 Å². The minimum atomic E-state index is -0.277. The van der Waals surface area contributed by atoms with Crippen molar-refractivity contribution in [1.29, 1.82) is 0 Å². The molecule has 12 heavy (non-hydrogen) atoms. The van der Waals surface area contributed by atoms with E-state index in [4.69, 9.17) is 10.5 Å². The topological polar surface area (TPSA) is 47.6 Å². The summed E-state index contributed by atoms with van der Waals surface area (Å²) < 4.78 is 5.50. The third kappa shape index (κ3) is 0.500. The highest BCUT2D eigenvalue weighted by atomic mass is 16.5. The fourth-order valence-electron chi connectivity index (χ4n) is 2.20. The highest BCUT2D eigenvalue weighted by molar-refractivity contribution is 5.79. The number of fused-ring (bicyclic) bond motifs is 1. The maximum absolute atomic E-state index is 5.55. The third-order valence-electron chi connectivity index (χ3n) is 3.58. The van der Waals surface area contributed by atoms with Crippen LogP contribution in [-0.4, -0.2) is 17.2 Å². The molecule has 0 saturated heterocycles. The van der Waals surface area contributed by atoms with Gasteiger partial charge in [0.25, 0.3) is 6.02 Å². The molecule has 66 valence electrons. The second-order valence-corrected chi connectivity index (χ2v) is 3.91. The predicted molar refractivity (Wildman–Crippen MR) is 47.9 cm³/mol. The molecule has 0 amide bonds. The van der Waals surface area contributed by atoms with Gasteiger partial charge in [-0.2, -0.15) is 0 Å². The van der Waals surface area contributed by atoms with Gasteiger partial charge < -0.3 is 10.5 Å². The predicted octanol–water partition coefficient (Wildman–Crippen LogP) is 1.20. The van der Waals surface area contributed by atoms with Crippen LogP contribution in [0.1, 0.15) is 27.7 Å².